The standard InChI is InChI=1S/C16H16N6O/c1-18-16-20-9-10-8-13(23-12-4-2-11(17)3-5-12)15-19-6-7-22(15)14(10)21-16/h2-5,8-9H,6-7,17H2,1H3,(H,18,20,21). The van der Waals surface area contributed by atoms with E-state index in [0.717, 1.165) is 36.1 Å². The second kappa shape index (κ2) is 5.28. The van der Waals surface area contributed by atoms with Crippen LogP contribution in [-0.2, 0) is 0 Å². The van der Waals surface area contributed by atoms with Gasteiger partial charge >= 0.3 is 0 Å². The third-order valence-electron chi connectivity index (χ3n) is 3.73. The van der Waals surface area contributed by atoms with Crippen LogP contribution in [-0.4, -0.2) is 35.9 Å². The van der Waals surface area contributed by atoms with Crippen molar-refractivity contribution in [3.8, 4) is 5.75 Å². The third kappa shape index (κ3) is 2.36. The van der Waals surface area contributed by atoms with Crippen molar-refractivity contribution in [2.75, 3.05) is 36.1 Å². The molecule has 3 heterocycles. The summed E-state index contributed by atoms with van der Waals surface area (Å²) < 4.78 is 6.00. The van der Waals surface area contributed by atoms with Crippen LogP contribution < -0.4 is 20.7 Å². The molecule has 0 fully saturated rings. The van der Waals surface area contributed by atoms with Crippen LogP contribution in [0.5, 0.6) is 5.75 Å². The molecule has 7 heteroatoms. The minimum absolute atomic E-state index is 0.589. The maximum Gasteiger partial charge on any atom is 0.224 e. The first-order chi connectivity index (χ1) is 11.2. The van der Waals surface area contributed by atoms with Crippen molar-refractivity contribution in [1.29, 1.82) is 0 Å². The fraction of sp³-hybridized carbons (Fsp3) is 0.188. The quantitative estimate of drug-likeness (QED) is 0.840. The maximum absolute atomic E-state index is 6.00. The molecule has 2 aliphatic heterocycles. The first-order valence-corrected chi connectivity index (χ1v) is 7.37. The molecular weight excluding hydrogens is 292 g/mol. The summed E-state index contributed by atoms with van der Waals surface area (Å²) in [6.45, 7) is 1.50. The molecule has 2 aromatic rings. The SMILES string of the molecule is CNc1ncc2c(n1)N1CCN=C1C(Oc1ccc(N)cc1)=C2. The van der Waals surface area contributed by atoms with Gasteiger partial charge in [0.25, 0.3) is 0 Å². The highest BCUT2D eigenvalue weighted by Crippen LogP contribution is 2.32. The molecule has 0 amide bonds. The number of fused-ring (bicyclic) bond motifs is 3. The lowest BCUT2D eigenvalue weighted by atomic mass is 10.1. The summed E-state index contributed by atoms with van der Waals surface area (Å²) in [6, 6.07) is 7.30. The predicted molar refractivity (Wildman–Crippen MR) is 90.7 cm³/mol. The number of ether oxygens (including phenoxy) is 1. The zero-order valence-electron chi connectivity index (χ0n) is 12.7. The Morgan fingerprint density at radius 1 is 1.26 bits per heavy atom. The molecule has 0 unspecified atom stereocenters. The first kappa shape index (κ1) is 13.6. The van der Waals surface area contributed by atoms with E-state index in [2.05, 4.69) is 25.2 Å². The Morgan fingerprint density at radius 3 is 2.87 bits per heavy atom. The van der Waals surface area contributed by atoms with E-state index in [9.17, 15) is 0 Å². The molecule has 4 rings (SSSR count). The summed E-state index contributed by atoms with van der Waals surface area (Å²) in [4.78, 5) is 15.4. The molecule has 23 heavy (non-hydrogen) atoms. The number of aromatic nitrogens is 2. The smallest absolute Gasteiger partial charge is 0.224 e. The minimum atomic E-state index is 0.589. The van der Waals surface area contributed by atoms with Crippen molar-refractivity contribution in [2.24, 2.45) is 4.99 Å². The Hall–Kier alpha value is -3.09. The van der Waals surface area contributed by atoms with Crippen molar-refractivity contribution in [2.45, 2.75) is 0 Å². The van der Waals surface area contributed by atoms with Gasteiger partial charge in [-0.05, 0) is 30.3 Å². The number of benzene rings is 1. The summed E-state index contributed by atoms with van der Waals surface area (Å²) in [5.41, 5.74) is 7.33. The molecule has 3 N–H and O–H groups in total. The monoisotopic (exact) mass is 308 g/mol. The Morgan fingerprint density at radius 2 is 2.09 bits per heavy atom. The van der Waals surface area contributed by atoms with Crippen LogP contribution >= 0.6 is 0 Å². The average Bonchev–Trinajstić information content (AvgIpc) is 3.07. The number of nitrogens with one attached hydrogen (secondary N) is 1. The fourth-order valence-electron chi connectivity index (χ4n) is 2.63. The molecule has 0 saturated carbocycles. The Bertz CT molecular complexity index is 812. The molecule has 0 atom stereocenters. The van der Waals surface area contributed by atoms with Crippen LogP contribution in [0.15, 0.2) is 41.2 Å². The Kier molecular flexibility index (Phi) is 3.11. The maximum atomic E-state index is 6.00. The van der Waals surface area contributed by atoms with Crippen LogP contribution in [0.2, 0.25) is 0 Å². The van der Waals surface area contributed by atoms with Crippen molar-refractivity contribution >= 4 is 29.4 Å². The van der Waals surface area contributed by atoms with E-state index in [1.807, 2.05) is 30.3 Å². The lowest BCUT2D eigenvalue weighted by Gasteiger charge is -2.26. The topological polar surface area (TPSA) is 88.7 Å². The molecule has 0 aliphatic carbocycles. The summed E-state index contributed by atoms with van der Waals surface area (Å²) in [5, 5.41) is 2.96. The largest absolute Gasteiger partial charge is 0.453 e. The predicted octanol–water partition coefficient (Wildman–Crippen LogP) is 1.75. The molecule has 116 valence electrons. The molecule has 7 nitrogen and oxygen atoms in total. The number of nitrogens with zero attached hydrogens (tertiary/aromatic N) is 4. The number of hydrogen-bond acceptors (Lipinski definition) is 7. The van der Waals surface area contributed by atoms with Crippen LogP contribution in [0.3, 0.4) is 0 Å². The molecule has 1 aromatic heterocycles. The van der Waals surface area contributed by atoms with Gasteiger partial charge in [-0.3, -0.25) is 4.99 Å². The van der Waals surface area contributed by atoms with Gasteiger partial charge in [-0.1, -0.05) is 0 Å². The number of hydrogen-bond donors (Lipinski definition) is 2. The molecule has 2 aliphatic rings. The molecule has 0 bridgehead atoms. The van der Waals surface area contributed by atoms with Gasteiger partial charge in [0.1, 0.15) is 11.6 Å². The van der Waals surface area contributed by atoms with E-state index in [4.69, 9.17) is 10.5 Å². The van der Waals surface area contributed by atoms with E-state index in [0.29, 0.717) is 17.4 Å². The number of nitrogens with two attached hydrogens (primary N) is 1. The van der Waals surface area contributed by atoms with Gasteiger partial charge in [0.2, 0.25) is 5.95 Å². The van der Waals surface area contributed by atoms with Crippen LogP contribution in [0.25, 0.3) is 6.08 Å². The molecule has 0 saturated heterocycles. The number of nitrogen functional groups attached to an aromatic ring is 1. The third-order valence-corrected chi connectivity index (χ3v) is 3.73. The number of amidine groups is 1. The Balaban J connectivity index is 1.73. The Labute approximate surface area is 133 Å². The van der Waals surface area contributed by atoms with Gasteiger partial charge in [0.15, 0.2) is 11.6 Å². The lowest BCUT2D eigenvalue weighted by Crippen LogP contribution is -2.34. The van der Waals surface area contributed by atoms with Crippen molar-refractivity contribution < 1.29 is 4.74 Å². The highest BCUT2D eigenvalue weighted by Gasteiger charge is 2.31. The zero-order valence-corrected chi connectivity index (χ0v) is 12.7. The van der Waals surface area contributed by atoms with Gasteiger partial charge in [-0.15, -0.1) is 0 Å². The van der Waals surface area contributed by atoms with E-state index in [1.54, 1.807) is 13.2 Å². The number of aliphatic imine (C=N–C) groups is 1. The van der Waals surface area contributed by atoms with Crippen LogP contribution in [0.1, 0.15) is 5.56 Å². The highest BCUT2D eigenvalue weighted by atomic mass is 16.5. The van der Waals surface area contributed by atoms with Crippen LogP contribution in [0, 0.1) is 0 Å². The van der Waals surface area contributed by atoms with Gasteiger partial charge in [0.05, 0.1) is 6.54 Å². The first-order valence-electron chi connectivity index (χ1n) is 7.37. The van der Waals surface area contributed by atoms with Gasteiger partial charge in [-0.2, -0.15) is 4.98 Å². The normalized spacial score (nSPS) is 15.4. The van der Waals surface area contributed by atoms with Gasteiger partial charge in [0, 0.05) is 31.0 Å². The van der Waals surface area contributed by atoms with E-state index < -0.39 is 0 Å². The second-order valence-corrected chi connectivity index (χ2v) is 5.26. The lowest BCUT2D eigenvalue weighted by molar-refractivity contribution is 0.456. The van der Waals surface area contributed by atoms with Crippen LogP contribution in [0.4, 0.5) is 17.5 Å². The van der Waals surface area contributed by atoms with Crippen molar-refractivity contribution in [1.82, 2.24) is 9.97 Å². The van der Waals surface area contributed by atoms with E-state index >= 15 is 0 Å². The zero-order chi connectivity index (χ0) is 15.8. The summed E-state index contributed by atoms with van der Waals surface area (Å²) in [7, 11) is 1.80. The molecule has 1 aromatic carbocycles. The minimum Gasteiger partial charge on any atom is -0.453 e. The summed E-state index contributed by atoms with van der Waals surface area (Å²) in [5.74, 6) is 3.66. The van der Waals surface area contributed by atoms with Crippen molar-refractivity contribution in [3.05, 3.63) is 41.8 Å². The summed E-state index contributed by atoms with van der Waals surface area (Å²) in [6.07, 6.45) is 3.71. The number of anilines is 3. The molecular formula is C16H16N6O. The van der Waals surface area contributed by atoms with Gasteiger partial charge < -0.3 is 20.7 Å². The molecule has 0 radical (unpaired) electrons. The second-order valence-electron chi connectivity index (χ2n) is 5.26. The van der Waals surface area contributed by atoms with Crippen molar-refractivity contribution in [3.63, 3.8) is 0 Å². The van der Waals surface area contributed by atoms with Gasteiger partial charge in [-0.25, -0.2) is 4.98 Å². The fourth-order valence-corrected chi connectivity index (χ4v) is 2.63. The highest BCUT2D eigenvalue weighted by molar-refractivity contribution is 6.15. The van der Waals surface area contributed by atoms with E-state index in [1.165, 1.54) is 0 Å². The average molecular weight is 308 g/mol. The molecule has 0 spiro atoms. The summed E-state index contributed by atoms with van der Waals surface area (Å²) >= 11 is 0. The number of rotatable bonds is 3. The van der Waals surface area contributed by atoms with E-state index in [-0.39, 0.29) is 0 Å².